The Morgan fingerprint density at radius 3 is 2.19 bits per heavy atom. The fourth-order valence-corrected chi connectivity index (χ4v) is 13.5. The van der Waals surface area contributed by atoms with E-state index in [1.165, 1.54) is 44.9 Å². The molecule has 0 aromatic carbocycles. The van der Waals surface area contributed by atoms with Crippen molar-refractivity contribution in [1.29, 1.82) is 0 Å². The van der Waals surface area contributed by atoms with Gasteiger partial charge in [-0.2, -0.15) is 0 Å². The van der Waals surface area contributed by atoms with Gasteiger partial charge in [0.2, 0.25) is 0 Å². The van der Waals surface area contributed by atoms with Gasteiger partial charge in [-0.25, -0.2) is 0 Å². The number of aliphatic carboxylic acids is 1. The van der Waals surface area contributed by atoms with Gasteiger partial charge < -0.3 is 15.2 Å². The molecule has 0 aliphatic heterocycles. The highest BCUT2D eigenvalue weighted by molar-refractivity contribution is 5.91. The number of ether oxygens (including phenoxy) is 1. The molecule has 5 saturated carbocycles. The summed E-state index contributed by atoms with van der Waals surface area (Å²) in [6.07, 6.45) is 15.5. The summed E-state index contributed by atoms with van der Waals surface area (Å²) in [5.41, 5.74) is 2.10. The Morgan fingerprint density at radius 1 is 0.854 bits per heavy atom. The summed E-state index contributed by atoms with van der Waals surface area (Å²) in [7, 11) is 0. The number of hydrogen-bond donors (Lipinski definition) is 2. The van der Waals surface area contributed by atoms with Gasteiger partial charge in [0.05, 0.1) is 23.8 Å². The molecule has 2 N–H and O–H groups in total. The highest BCUT2D eigenvalue weighted by Gasteiger charge is 2.70. The van der Waals surface area contributed by atoms with Crippen LogP contribution >= 0.6 is 0 Å². The van der Waals surface area contributed by atoms with E-state index in [9.17, 15) is 19.5 Å². The fraction of sp³-hybridized carbons (Fsp3) is 0.881. The van der Waals surface area contributed by atoms with E-state index in [0.29, 0.717) is 42.0 Å². The maximum Gasteiger partial charge on any atom is 0.309 e. The quantitative estimate of drug-likeness (QED) is 0.188. The summed E-state index contributed by atoms with van der Waals surface area (Å²) in [4.78, 5) is 39.2. The van der Waals surface area contributed by atoms with Crippen LogP contribution in [0.1, 0.15) is 159 Å². The minimum Gasteiger partial charge on any atom is -0.481 e. The molecular formula is C42H67NO5. The van der Waals surface area contributed by atoms with Crippen molar-refractivity contribution in [3.05, 3.63) is 11.1 Å². The predicted octanol–water partition coefficient (Wildman–Crippen LogP) is 9.30. The Morgan fingerprint density at radius 2 is 1.54 bits per heavy atom. The second-order valence-corrected chi connectivity index (χ2v) is 19.8. The lowest BCUT2D eigenvalue weighted by Gasteiger charge is -2.72. The molecule has 0 spiro atoms. The summed E-state index contributed by atoms with van der Waals surface area (Å²) >= 11 is 0. The van der Waals surface area contributed by atoms with E-state index in [4.69, 9.17) is 4.74 Å². The predicted molar refractivity (Wildman–Crippen MR) is 190 cm³/mol. The number of hydrogen-bond acceptors (Lipinski definition) is 5. The average Bonchev–Trinajstić information content (AvgIpc) is 3.66. The van der Waals surface area contributed by atoms with E-state index < -0.39 is 11.4 Å². The first kappa shape index (κ1) is 36.1. The lowest BCUT2D eigenvalue weighted by Crippen LogP contribution is -2.66. The molecule has 6 heteroatoms. The van der Waals surface area contributed by atoms with Crippen molar-refractivity contribution in [3.63, 3.8) is 0 Å². The number of ketones is 1. The third-order valence-corrected chi connectivity index (χ3v) is 16.5. The van der Waals surface area contributed by atoms with Gasteiger partial charge in [0.1, 0.15) is 6.10 Å². The molecule has 6 rings (SSSR count). The molecule has 0 aromatic rings. The van der Waals surface area contributed by atoms with Crippen LogP contribution in [0.4, 0.5) is 0 Å². The van der Waals surface area contributed by atoms with Crippen LogP contribution in [0.25, 0.3) is 0 Å². The zero-order chi connectivity index (χ0) is 35.1. The monoisotopic (exact) mass is 666 g/mol. The van der Waals surface area contributed by atoms with Gasteiger partial charge in [-0.05, 0) is 131 Å². The Bertz CT molecular complexity index is 1340. The van der Waals surface area contributed by atoms with Crippen molar-refractivity contribution in [2.75, 3.05) is 6.54 Å². The van der Waals surface area contributed by atoms with E-state index in [0.717, 1.165) is 44.9 Å². The molecule has 0 bridgehead atoms. The van der Waals surface area contributed by atoms with Crippen molar-refractivity contribution in [2.24, 2.45) is 56.2 Å². The molecule has 6 aliphatic rings. The van der Waals surface area contributed by atoms with Gasteiger partial charge in [-0.15, -0.1) is 0 Å². The van der Waals surface area contributed by atoms with Gasteiger partial charge in [-0.3, -0.25) is 14.4 Å². The van der Waals surface area contributed by atoms with Crippen LogP contribution in [0.2, 0.25) is 0 Å². The molecule has 0 aromatic heterocycles. The molecule has 6 aliphatic carbocycles. The zero-order valence-corrected chi connectivity index (χ0v) is 31.9. The number of carbonyl (C=O) groups is 3. The van der Waals surface area contributed by atoms with Gasteiger partial charge in [-0.1, -0.05) is 72.5 Å². The third kappa shape index (κ3) is 5.38. The first-order chi connectivity index (χ1) is 22.3. The van der Waals surface area contributed by atoms with Crippen LogP contribution in [0.3, 0.4) is 0 Å². The average molecular weight is 666 g/mol. The number of esters is 1. The highest BCUT2D eigenvalue weighted by atomic mass is 16.5. The van der Waals surface area contributed by atoms with E-state index in [1.54, 1.807) is 25.0 Å². The van der Waals surface area contributed by atoms with Crippen LogP contribution in [-0.4, -0.2) is 41.5 Å². The summed E-state index contributed by atoms with van der Waals surface area (Å²) in [5, 5.41) is 13.3. The molecule has 0 saturated heterocycles. The van der Waals surface area contributed by atoms with Gasteiger partial charge in [0.15, 0.2) is 5.78 Å². The number of nitrogens with one attached hydrogen (secondary N) is 1. The normalized spacial score (nSPS) is 41.0. The molecule has 0 radical (unpaired) electrons. The van der Waals surface area contributed by atoms with Crippen LogP contribution in [0.15, 0.2) is 11.1 Å². The Balaban J connectivity index is 1.26. The van der Waals surface area contributed by atoms with Crippen molar-refractivity contribution < 1.29 is 24.2 Å². The third-order valence-electron chi connectivity index (χ3n) is 16.5. The van der Waals surface area contributed by atoms with Crippen LogP contribution < -0.4 is 5.32 Å². The fourth-order valence-electron chi connectivity index (χ4n) is 13.5. The molecule has 6 nitrogen and oxygen atoms in total. The number of carboxylic acids is 1. The molecule has 270 valence electrons. The second kappa shape index (κ2) is 12.2. The first-order valence-corrected chi connectivity index (χ1v) is 19.8. The maximum absolute atomic E-state index is 14.4. The zero-order valence-electron chi connectivity index (χ0n) is 31.9. The van der Waals surface area contributed by atoms with Gasteiger partial charge >= 0.3 is 11.9 Å². The standard InChI is InChI=1S/C42H67NO5/c1-26(2)28-16-21-42(32(44)25-43-27-12-10-11-13-27)23-22-40(8)29(35(28)42)14-15-31-39(7)19-18-33(48-34(45)24-37(3,4)36(46)47)38(5,6)30(39)17-20-41(31,40)9/h26-27,29-31,33,43H,10-25H2,1-9H3,(H,46,47)/t29-,30+,31-,33?,39+,40-,41-,42-/m1/s1. The second-order valence-electron chi connectivity index (χ2n) is 19.8. The largest absolute Gasteiger partial charge is 0.481 e. The molecule has 1 unspecified atom stereocenters. The van der Waals surface area contributed by atoms with Crippen molar-refractivity contribution in [1.82, 2.24) is 5.32 Å². The SMILES string of the molecule is CC(C)C1=C2[C@H]3CC[C@@H]4[C@@]5(C)CCC(OC(=O)CC(C)(C)C(=O)O)C(C)(C)[C@@H]5CC[C@@]4(C)[C@]3(C)CC[C@@]2(C(=O)CNC2CCCC2)CC1. The lowest BCUT2D eigenvalue weighted by atomic mass is 9.33. The van der Waals surface area contributed by atoms with Crippen molar-refractivity contribution in [2.45, 2.75) is 171 Å². The van der Waals surface area contributed by atoms with Gasteiger partial charge in [0, 0.05) is 11.5 Å². The van der Waals surface area contributed by atoms with Crippen molar-refractivity contribution in [3.8, 4) is 0 Å². The van der Waals surface area contributed by atoms with Gasteiger partial charge in [0.25, 0.3) is 0 Å². The highest BCUT2D eigenvalue weighted by Crippen LogP contribution is 2.77. The topological polar surface area (TPSA) is 92.7 Å². The molecule has 0 heterocycles. The van der Waals surface area contributed by atoms with E-state index in [-0.39, 0.29) is 45.6 Å². The summed E-state index contributed by atoms with van der Waals surface area (Å²) < 4.78 is 6.18. The number of fused-ring (bicyclic) bond motifs is 7. The van der Waals surface area contributed by atoms with E-state index >= 15 is 0 Å². The van der Waals surface area contributed by atoms with E-state index in [2.05, 4.69) is 53.8 Å². The Hall–Kier alpha value is -1.69. The Labute approximate surface area is 291 Å². The summed E-state index contributed by atoms with van der Waals surface area (Å²) in [6, 6.07) is 0.516. The first-order valence-electron chi connectivity index (χ1n) is 19.8. The van der Waals surface area contributed by atoms with Crippen LogP contribution in [-0.2, 0) is 19.1 Å². The lowest BCUT2D eigenvalue weighted by molar-refractivity contribution is -0.233. The number of carbonyl (C=O) groups excluding carboxylic acids is 2. The van der Waals surface area contributed by atoms with E-state index in [1.807, 2.05) is 0 Å². The Kier molecular flexibility index (Phi) is 9.20. The maximum atomic E-state index is 14.4. The number of carboxylic acid groups (broad SMARTS) is 1. The minimum atomic E-state index is -1.13. The number of allylic oxidation sites excluding steroid dienone is 2. The molecular weight excluding hydrogens is 598 g/mol. The molecule has 48 heavy (non-hydrogen) atoms. The summed E-state index contributed by atoms with van der Waals surface area (Å²) in [5.74, 6) is 1.11. The molecule has 0 amide bonds. The minimum absolute atomic E-state index is 0.105. The number of rotatable bonds is 9. The molecule has 8 atom stereocenters. The van der Waals surface area contributed by atoms with Crippen LogP contribution in [0.5, 0.6) is 0 Å². The summed E-state index contributed by atoms with van der Waals surface area (Å²) in [6.45, 7) is 20.9. The van der Waals surface area contributed by atoms with Crippen molar-refractivity contribution >= 4 is 17.7 Å². The molecule has 5 fully saturated rings. The van der Waals surface area contributed by atoms with Crippen LogP contribution in [0, 0.1) is 56.2 Å². The number of Topliss-reactive ketones (excluding diaryl/α,β-unsaturated/α-hetero) is 1. The smallest absolute Gasteiger partial charge is 0.309 e.